The Kier molecular flexibility index (Phi) is 18.5. The van der Waals surface area contributed by atoms with E-state index in [2.05, 4.69) is 13.8 Å². The molecule has 0 amide bonds. The number of unbranched alkanes of at least 4 members (excludes halogenated alkanes) is 18. The van der Waals surface area contributed by atoms with Gasteiger partial charge in [-0.15, -0.1) is 0 Å². The highest BCUT2D eigenvalue weighted by Gasteiger charge is 2.53. The smallest absolute Gasteiger partial charge is 0.347 e. The van der Waals surface area contributed by atoms with Crippen LogP contribution in [0.15, 0.2) is 60.7 Å². The first-order valence-corrected chi connectivity index (χ1v) is 22.6. The Bertz CT molecular complexity index is 1690. The molecule has 3 aromatic carbocycles. The minimum absolute atomic E-state index is 0.411. The summed E-state index contributed by atoms with van der Waals surface area (Å²) >= 11 is 0. The summed E-state index contributed by atoms with van der Waals surface area (Å²) in [4.78, 5) is 39.3. The fourth-order valence-electron chi connectivity index (χ4n) is 8.46. The molecule has 2 unspecified atom stereocenters. The minimum atomic E-state index is -1.30. The van der Waals surface area contributed by atoms with Crippen LogP contribution in [0.1, 0.15) is 182 Å². The Balaban J connectivity index is 1.30. The van der Waals surface area contributed by atoms with Gasteiger partial charge in [0, 0.05) is 28.8 Å². The highest BCUT2D eigenvalue weighted by atomic mass is 16.6. The number of rotatable bonds is 28. The molecule has 0 saturated heterocycles. The van der Waals surface area contributed by atoms with Gasteiger partial charge in [-0.2, -0.15) is 0 Å². The van der Waals surface area contributed by atoms with E-state index in [0.29, 0.717) is 58.1 Å². The fourth-order valence-corrected chi connectivity index (χ4v) is 8.46. The molecule has 0 aromatic heterocycles. The van der Waals surface area contributed by atoms with E-state index < -0.39 is 35.7 Å². The summed E-state index contributed by atoms with van der Waals surface area (Å²) in [6, 6.07) is 18.1. The molecule has 322 valence electrons. The van der Waals surface area contributed by atoms with Crippen molar-refractivity contribution in [2.24, 2.45) is 0 Å². The quantitative estimate of drug-likeness (QED) is 0.0402. The van der Waals surface area contributed by atoms with Crippen LogP contribution in [0.3, 0.4) is 0 Å². The summed E-state index contributed by atoms with van der Waals surface area (Å²) < 4.78 is 35.8. The van der Waals surface area contributed by atoms with Gasteiger partial charge in [0.15, 0.2) is 17.8 Å². The van der Waals surface area contributed by atoms with Crippen LogP contribution in [0.4, 0.5) is 0 Å². The van der Waals surface area contributed by atoms with Crippen LogP contribution >= 0.6 is 0 Å². The van der Waals surface area contributed by atoms with Gasteiger partial charge in [-0.1, -0.05) is 148 Å². The standard InChI is InChI=1S/C50H68O9/c1-5-7-9-11-13-15-17-19-21-23-29-43(48(52)54-3)56-37-31-33-41-45(35-37)58-46-36-38(32-34-42(46)50(41)40-28-26-25-27-39(40)47(51)59-50)57-44(49(53)55-4)30-24-22-20-18-16-14-12-10-8-6-2/h25-28,31-36,43-44H,5-24,29-30H2,1-4H3. The number of carbonyl (C=O) groups excluding carboxylic acids is 3. The molecule has 0 fully saturated rings. The summed E-state index contributed by atoms with van der Waals surface area (Å²) in [5.41, 5.74) is 1.11. The van der Waals surface area contributed by atoms with E-state index in [9.17, 15) is 14.4 Å². The predicted molar refractivity (Wildman–Crippen MR) is 230 cm³/mol. The zero-order valence-electron chi connectivity index (χ0n) is 36.2. The van der Waals surface area contributed by atoms with Crippen molar-refractivity contribution in [1.29, 1.82) is 0 Å². The highest BCUT2D eigenvalue weighted by Crippen LogP contribution is 2.57. The van der Waals surface area contributed by atoms with Gasteiger partial charge >= 0.3 is 17.9 Å². The highest BCUT2D eigenvalue weighted by molar-refractivity contribution is 5.97. The van der Waals surface area contributed by atoms with E-state index >= 15 is 0 Å². The molecule has 0 bridgehead atoms. The van der Waals surface area contributed by atoms with E-state index in [0.717, 1.165) is 38.5 Å². The molecule has 2 aliphatic heterocycles. The van der Waals surface area contributed by atoms with E-state index in [1.165, 1.54) is 104 Å². The van der Waals surface area contributed by atoms with Crippen molar-refractivity contribution in [2.45, 2.75) is 173 Å². The maximum absolute atomic E-state index is 13.5. The predicted octanol–water partition coefficient (Wildman–Crippen LogP) is 12.7. The third kappa shape index (κ3) is 12.3. The largest absolute Gasteiger partial charge is 0.479 e. The van der Waals surface area contributed by atoms with Gasteiger partial charge < -0.3 is 28.4 Å². The molecule has 0 saturated carbocycles. The monoisotopic (exact) mass is 812 g/mol. The molecule has 59 heavy (non-hydrogen) atoms. The Labute approximate surface area is 352 Å². The van der Waals surface area contributed by atoms with Crippen molar-refractivity contribution in [3.8, 4) is 23.0 Å². The van der Waals surface area contributed by atoms with Crippen molar-refractivity contribution < 1.29 is 42.8 Å². The van der Waals surface area contributed by atoms with Gasteiger partial charge in [-0.25, -0.2) is 14.4 Å². The third-order valence-electron chi connectivity index (χ3n) is 11.8. The summed E-state index contributed by atoms with van der Waals surface area (Å²) in [6.07, 6.45) is 23.3. The van der Waals surface area contributed by atoms with Crippen molar-refractivity contribution in [3.63, 3.8) is 0 Å². The normalized spacial score (nSPS) is 16.0. The summed E-state index contributed by atoms with van der Waals surface area (Å²) in [5.74, 6) is 0.376. The van der Waals surface area contributed by atoms with Crippen LogP contribution < -0.4 is 14.2 Å². The molecule has 0 aliphatic carbocycles. The maximum Gasteiger partial charge on any atom is 0.347 e. The van der Waals surface area contributed by atoms with Crippen LogP contribution in [-0.2, 0) is 29.4 Å². The summed E-state index contributed by atoms with van der Waals surface area (Å²) in [6.45, 7) is 4.48. The number of methoxy groups -OCH3 is 2. The molecular weight excluding hydrogens is 745 g/mol. The summed E-state index contributed by atoms with van der Waals surface area (Å²) in [5, 5.41) is 0. The first-order valence-electron chi connectivity index (χ1n) is 22.6. The Hall–Kier alpha value is -4.53. The van der Waals surface area contributed by atoms with E-state index in [-0.39, 0.29) is 0 Å². The number of fused-ring (bicyclic) bond motifs is 6. The molecule has 0 N–H and O–H groups in total. The van der Waals surface area contributed by atoms with Gasteiger partial charge in [0.2, 0.25) is 0 Å². The second-order valence-electron chi connectivity index (χ2n) is 16.2. The number of benzene rings is 3. The average Bonchev–Trinajstić information content (AvgIpc) is 3.55. The lowest BCUT2D eigenvalue weighted by molar-refractivity contribution is -0.149. The average molecular weight is 813 g/mol. The second-order valence-corrected chi connectivity index (χ2v) is 16.2. The van der Waals surface area contributed by atoms with Crippen molar-refractivity contribution >= 4 is 17.9 Å². The molecule has 2 aliphatic rings. The molecular formula is C50H68O9. The molecule has 0 radical (unpaired) electrons. The second kappa shape index (κ2) is 23.9. The van der Waals surface area contributed by atoms with Crippen molar-refractivity contribution in [1.82, 2.24) is 0 Å². The van der Waals surface area contributed by atoms with E-state index in [1.54, 1.807) is 30.3 Å². The SMILES string of the molecule is CCCCCCCCCCCCC(Oc1ccc2c(c1)Oc1cc(OC(CCCCCCCCCCCC)C(=O)OC)ccc1C21OC(=O)c2ccccc21)C(=O)OC. The first-order chi connectivity index (χ1) is 28.9. The van der Waals surface area contributed by atoms with Crippen LogP contribution in [0, 0.1) is 0 Å². The van der Waals surface area contributed by atoms with Gasteiger partial charge in [-0.3, -0.25) is 0 Å². The van der Waals surface area contributed by atoms with Gasteiger partial charge in [0.25, 0.3) is 0 Å². The van der Waals surface area contributed by atoms with Crippen molar-refractivity contribution in [3.05, 3.63) is 82.9 Å². The zero-order valence-corrected chi connectivity index (χ0v) is 36.2. The first kappa shape index (κ1) is 45.6. The fraction of sp³-hybridized carbons (Fsp3) is 0.580. The Morgan fingerprint density at radius 1 is 0.542 bits per heavy atom. The van der Waals surface area contributed by atoms with Crippen LogP contribution in [0.5, 0.6) is 23.0 Å². The topological polar surface area (TPSA) is 107 Å². The van der Waals surface area contributed by atoms with Crippen LogP contribution in [0.2, 0.25) is 0 Å². The zero-order chi connectivity index (χ0) is 41.9. The van der Waals surface area contributed by atoms with E-state index in [4.69, 9.17) is 28.4 Å². The Morgan fingerprint density at radius 2 is 0.949 bits per heavy atom. The molecule has 3 aromatic rings. The Morgan fingerprint density at radius 3 is 1.37 bits per heavy atom. The molecule has 2 atom stereocenters. The number of hydrogen-bond donors (Lipinski definition) is 0. The van der Waals surface area contributed by atoms with Crippen molar-refractivity contribution in [2.75, 3.05) is 14.2 Å². The number of hydrogen-bond acceptors (Lipinski definition) is 9. The van der Waals surface area contributed by atoms with Crippen LogP contribution in [0.25, 0.3) is 0 Å². The number of carbonyl (C=O) groups is 3. The maximum atomic E-state index is 13.5. The molecule has 2 heterocycles. The number of esters is 3. The van der Waals surface area contributed by atoms with Gasteiger partial charge in [-0.05, 0) is 56.0 Å². The van der Waals surface area contributed by atoms with Gasteiger partial charge in [0.1, 0.15) is 23.0 Å². The lowest BCUT2D eigenvalue weighted by Crippen LogP contribution is -2.33. The van der Waals surface area contributed by atoms with E-state index in [1.807, 2.05) is 30.3 Å². The molecule has 5 rings (SSSR count). The van der Waals surface area contributed by atoms with Crippen LogP contribution in [-0.4, -0.2) is 44.3 Å². The van der Waals surface area contributed by atoms with Gasteiger partial charge in [0.05, 0.1) is 19.8 Å². The molecule has 9 nitrogen and oxygen atoms in total. The summed E-state index contributed by atoms with van der Waals surface area (Å²) in [7, 11) is 2.75. The lowest BCUT2D eigenvalue weighted by Gasteiger charge is -2.37. The minimum Gasteiger partial charge on any atom is -0.479 e. The molecule has 1 spiro atoms. The molecule has 9 heteroatoms. The third-order valence-corrected chi connectivity index (χ3v) is 11.8. The number of ether oxygens (including phenoxy) is 6. The lowest BCUT2D eigenvalue weighted by atomic mass is 9.77.